The Labute approximate surface area is 153 Å². The first-order valence-electron chi connectivity index (χ1n) is 9.33. The number of aliphatic hydroxyl groups excluding tert-OH is 1. The van der Waals surface area contributed by atoms with E-state index in [-0.39, 0.29) is 23.9 Å². The second-order valence-electron chi connectivity index (χ2n) is 7.71. The number of amides is 1. The molecule has 0 radical (unpaired) electrons. The minimum atomic E-state index is -0.320. The van der Waals surface area contributed by atoms with Gasteiger partial charge in [0.25, 0.3) is 5.91 Å². The highest BCUT2D eigenvalue weighted by Crippen LogP contribution is 2.45. The zero-order chi connectivity index (χ0) is 18.3. The highest BCUT2D eigenvalue weighted by atomic mass is 19.1. The summed E-state index contributed by atoms with van der Waals surface area (Å²) in [5.41, 5.74) is 1.63. The fourth-order valence-corrected chi connectivity index (χ4v) is 4.81. The third kappa shape index (κ3) is 3.03. The lowest BCUT2D eigenvalue weighted by molar-refractivity contribution is 0.0723. The van der Waals surface area contributed by atoms with Crippen LogP contribution in [0.2, 0.25) is 0 Å². The maximum atomic E-state index is 14.3. The van der Waals surface area contributed by atoms with Crippen LogP contribution in [-0.4, -0.2) is 35.1 Å². The molecule has 2 aliphatic carbocycles. The largest absolute Gasteiger partial charge is 0.393 e. The summed E-state index contributed by atoms with van der Waals surface area (Å²) in [4.78, 5) is 15.0. The number of hydrogen-bond donors (Lipinski definition) is 1. The molecule has 4 rings (SSSR count). The van der Waals surface area contributed by atoms with Crippen molar-refractivity contribution in [1.29, 1.82) is 0 Å². The minimum Gasteiger partial charge on any atom is -0.393 e. The molecular weight excluding hydrogens is 329 g/mol. The van der Waals surface area contributed by atoms with Gasteiger partial charge < -0.3 is 10.0 Å². The predicted molar refractivity (Wildman–Crippen MR) is 99.2 cm³/mol. The lowest BCUT2D eigenvalue weighted by Gasteiger charge is -2.26. The standard InChI is InChI=1S/C22H24FNO2/c1-24(16-10-14-12-17(25)13-15(14)11-16)22(26)20-8-3-2-6-18(20)19-7-4-5-9-21(19)23/h2-9,14-17,25H,10-13H2,1H3/t14-,15+,16?,17?. The van der Waals surface area contributed by atoms with Crippen molar-refractivity contribution in [2.24, 2.45) is 11.8 Å². The molecule has 1 amide bonds. The average molecular weight is 353 g/mol. The van der Waals surface area contributed by atoms with E-state index in [2.05, 4.69) is 0 Å². The van der Waals surface area contributed by atoms with Crippen molar-refractivity contribution in [2.75, 3.05) is 7.05 Å². The van der Waals surface area contributed by atoms with Crippen molar-refractivity contribution in [2.45, 2.75) is 37.8 Å². The van der Waals surface area contributed by atoms with Gasteiger partial charge in [0.15, 0.2) is 0 Å². The van der Waals surface area contributed by atoms with Crippen molar-refractivity contribution in [1.82, 2.24) is 4.90 Å². The molecule has 2 aliphatic rings. The van der Waals surface area contributed by atoms with Crippen molar-refractivity contribution >= 4 is 5.91 Å². The number of nitrogens with zero attached hydrogens (tertiary/aromatic N) is 1. The molecule has 2 fully saturated rings. The van der Waals surface area contributed by atoms with Crippen molar-refractivity contribution in [3.63, 3.8) is 0 Å². The molecule has 0 aliphatic heterocycles. The summed E-state index contributed by atoms with van der Waals surface area (Å²) >= 11 is 0. The van der Waals surface area contributed by atoms with Gasteiger partial charge in [0.05, 0.1) is 6.10 Å². The zero-order valence-corrected chi connectivity index (χ0v) is 14.9. The number of rotatable bonds is 3. The van der Waals surface area contributed by atoms with E-state index in [1.165, 1.54) is 6.07 Å². The van der Waals surface area contributed by atoms with E-state index in [9.17, 15) is 14.3 Å². The van der Waals surface area contributed by atoms with Crippen LogP contribution >= 0.6 is 0 Å². The van der Waals surface area contributed by atoms with E-state index in [1.807, 2.05) is 24.1 Å². The van der Waals surface area contributed by atoms with Crippen LogP contribution in [0.15, 0.2) is 48.5 Å². The van der Waals surface area contributed by atoms with Crippen LogP contribution in [0.3, 0.4) is 0 Å². The first-order chi connectivity index (χ1) is 12.5. The molecule has 0 bridgehead atoms. The van der Waals surface area contributed by atoms with Crippen molar-refractivity contribution in [3.8, 4) is 11.1 Å². The fourth-order valence-electron chi connectivity index (χ4n) is 4.81. The molecule has 2 unspecified atom stereocenters. The molecule has 2 saturated carbocycles. The van der Waals surface area contributed by atoms with Gasteiger partial charge in [-0.1, -0.05) is 36.4 Å². The van der Waals surface area contributed by atoms with E-state index < -0.39 is 0 Å². The topological polar surface area (TPSA) is 40.5 Å². The Morgan fingerprint density at radius 2 is 1.54 bits per heavy atom. The Morgan fingerprint density at radius 3 is 2.19 bits per heavy atom. The average Bonchev–Trinajstić information content (AvgIpc) is 3.18. The van der Waals surface area contributed by atoms with Gasteiger partial charge in [0.2, 0.25) is 0 Å². The monoisotopic (exact) mass is 353 g/mol. The van der Waals surface area contributed by atoms with E-state index >= 15 is 0 Å². The Balaban J connectivity index is 1.59. The summed E-state index contributed by atoms with van der Waals surface area (Å²) in [5, 5.41) is 9.82. The molecule has 136 valence electrons. The molecule has 0 aromatic heterocycles. The van der Waals surface area contributed by atoms with Crippen LogP contribution in [0.5, 0.6) is 0 Å². The zero-order valence-electron chi connectivity index (χ0n) is 14.9. The first-order valence-corrected chi connectivity index (χ1v) is 9.33. The molecule has 4 atom stereocenters. The molecule has 0 saturated heterocycles. The normalized spacial score (nSPS) is 27.3. The second-order valence-corrected chi connectivity index (χ2v) is 7.71. The van der Waals surface area contributed by atoms with Gasteiger partial charge in [-0.15, -0.1) is 0 Å². The molecule has 3 nitrogen and oxygen atoms in total. The number of aliphatic hydroxyl groups is 1. The molecule has 0 heterocycles. The van der Waals surface area contributed by atoms with Gasteiger partial charge in [0, 0.05) is 24.2 Å². The summed E-state index contributed by atoms with van der Waals surface area (Å²) in [7, 11) is 1.85. The van der Waals surface area contributed by atoms with Crippen LogP contribution < -0.4 is 0 Å². The Hall–Kier alpha value is -2.20. The molecular formula is C22H24FNO2. The van der Waals surface area contributed by atoms with Gasteiger partial charge in [-0.2, -0.15) is 0 Å². The molecule has 1 N–H and O–H groups in total. The van der Waals surface area contributed by atoms with Crippen molar-refractivity contribution in [3.05, 3.63) is 59.9 Å². The van der Waals surface area contributed by atoms with Gasteiger partial charge in [-0.3, -0.25) is 4.79 Å². The number of hydrogen-bond acceptors (Lipinski definition) is 2. The van der Waals surface area contributed by atoms with Crippen LogP contribution in [0.1, 0.15) is 36.0 Å². The number of benzene rings is 2. The second kappa shape index (κ2) is 6.84. The van der Waals surface area contributed by atoms with E-state index in [4.69, 9.17) is 0 Å². The quantitative estimate of drug-likeness (QED) is 0.902. The minimum absolute atomic E-state index is 0.0608. The van der Waals surface area contributed by atoms with Crippen LogP contribution in [0, 0.1) is 17.7 Å². The third-order valence-electron chi connectivity index (χ3n) is 6.16. The lowest BCUT2D eigenvalue weighted by atomic mass is 9.97. The first kappa shape index (κ1) is 17.2. The SMILES string of the molecule is CN(C(=O)c1ccccc1-c1ccccc1F)C1C[C@H]2CC(O)C[C@H]2C1. The Kier molecular flexibility index (Phi) is 4.53. The summed E-state index contributed by atoms with van der Waals surface area (Å²) in [6.07, 6.45) is 3.44. The maximum Gasteiger partial charge on any atom is 0.254 e. The Bertz CT molecular complexity index is 807. The smallest absolute Gasteiger partial charge is 0.254 e. The van der Waals surface area contributed by atoms with E-state index in [1.54, 1.807) is 30.3 Å². The highest BCUT2D eigenvalue weighted by molar-refractivity contribution is 6.01. The molecule has 2 aromatic rings. The third-order valence-corrected chi connectivity index (χ3v) is 6.16. The van der Waals surface area contributed by atoms with E-state index in [0.717, 1.165) is 25.7 Å². The van der Waals surface area contributed by atoms with Crippen LogP contribution in [0.4, 0.5) is 4.39 Å². The number of fused-ring (bicyclic) bond motifs is 1. The lowest BCUT2D eigenvalue weighted by Crippen LogP contribution is -2.36. The molecule has 26 heavy (non-hydrogen) atoms. The Morgan fingerprint density at radius 1 is 0.962 bits per heavy atom. The summed E-state index contributed by atoms with van der Waals surface area (Å²) < 4.78 is 14.3. The summed E-state index contributed by atoms with van der Waals surface area (Å²) in [6.45, 7) is 0. The molecule has 2 aromatic carbocycles. The van der Waals surface area contributed by atoms with Gasteiger partial charge >= 0.3 is 0 Å². The fraction of sp³-hybridized carbons (Fsp3) is 0.409. The summed E-state index contributed by atoms with van der Waals surface area (Å²) in [6, 6.07) is 14.0. The maximum absolute atomic E-state index is 14.3. The van der Waals surface area contributed by atoms with Crippen LogP contribution in [-0.2, 0) is 0 Å². The highest BCUT2D eigenvalue weighted by Gasteiger charge is 2.43. The number of carbonyl (C=O) groups excluding carboxylic acids is 1. The number of carbonyl (C=O) groups is 1. The molecule has 4 heteroatoms. The summed E-state index contributed by atoms with van der Waals surface area (Å²) in [5.74, 6) is 0.660. The van der Waals surface area contributed by atoms with Crippen molar-refractivity contribution < 1.29 is 14.3 Å². The van der Waals surface area contributed by atoms with Gasteiger partial charge in [-0.25, -0.2) is 4.39 Å². The van der Waals surface area contributed by atoms with Crippen LogP contribution in [0.25, 0.3) is 11.1 Å². The van der Waals surface area contributed by atoms with Gasteiger partial charge in [-0.05, 0) is 55.2 Å². The van der Waals surface area contributed by atoms with Gasteiger partial charge in [0.1, 0.15) is 5.82 Å². The van der Waals surface area contributed by atoms with E-state index in [0.29, 0.717) is 28.5 Å². The molecule has 0 spiro atoms. The predicted octanol–water partition coefficient (Wildman–Crippen LogP) is 4.11. The number of halogens is 1.